The van der Waals surface area contributed by atoms with E-state index < -0.39 is 0 Å². The zero-order valence-corrected chi connectivity index (χ0v) is 12.0. The third kappa shape index (κ3) is 3.15. The van der Waals surface area contributed by atoms with Crippen molar-refractivity contribution in [3.8, 4) is 5.75 Å². The summed E-state index contributed by atoms with van der Waals surface area (Å²) in [5, 5.41) is 13.0. The molecule has 0 spiro atoms. The third-order valence-corrected chi connectivity index (χ3v) is 3.31. The van der Waals surface area contributed by atoms with Crippen LogP contribution in [0.15, 0.2) is 41.0 Å². The molecule has 1 aromatic carbocycles. The molecule has 18 heavy (non-hydrogen) atoms. The van der Waals surface area contributed by atoms with E-state index in [1.807, 2.05) is 25.1 Å². The van der Waals surface area contributed by atoms with E-state index in [1.54, 1.807) is 18.3 Å². The Morgan fingerprint density at radius 3 is 2.67 bits per heavy atom. The molecule has 0 bridgehead atoms. The van der Waals surface area contributed by atoms with Crippen LogP contribution in [-0.4, -0.2) is 10.1 Å². The molecular formula is C13H12BrClN2O. The van der Waals surface area contributed by atoms with Gasteiger partial charge in [0.1, 0.15) is 5.75 Å². The van der Waals surface area contributed by atoms with E-state index in [1.165, 1.54) is 0 Å². The minimum atomic E-state index is 0.0687. The van der Waals surface area contributed by atoms with Crippen molar-refractivity contribution in [3.05, 3.63) is 51.7 Å². The normalized spacial score (nSPS) is 12.2. The maximum absolute atomic E-state index is 9.25. The number of phenolic OH excluding ortho intramolecular Hbond substituents is 1. The molecule has 0 saturated heterocycles. The molecule has 0 aliphatic rings. The van der Waals surface area contributed by atoms with Crippen molar-refractivity contribution in [2.24, 2.45) is 0 Å². The van der Waals surface area contributed by atoms with E-state index in [0.717, 1.165) is 15.7 Å². The number of anilines is 1. The summed E-state index contributed by atoms with van der Waals surface area (Å²) in [7, 11) is 0. The quantitative estimate of drug-likeness (QED) is 0.823. The van der Waals surface area contributed by atoms with Crippen molar-refractivity contribution >= 4 is 33.2 Å². The van der Waals surface area contributed by atoms with Crippen LogP contribution in [0.4, 0.5) is 5.69 Å². The highest BCUT2D eigenvalue weighted by atomic mass is 79.9. The molecule has 0 amide bonds. The number of aromatic nitrogens is 1. The largest absolute Gasteiger partial charge is 0.508 e. The predicted octanol–water partition coefficient (Wildman–Crippen LogP) is 4.38. The zero-order chi connectivity index (χ0) is 13.1. The summed E-state index contributed by atoms with van der Waals surface area (Å²) in [6.45, 7) is 2.02. The number of aromatic hydroxyl groups is 1. The number of hydrogen-bond donors (Lipinski definition) is 2. The van der Waals surface area contributed by atoms with Crippen LogP contribution in [0.3, 0.4) is 0 Å². The molecule has 3 nitrogen and oxygen atoms in total. The van der Waals surface area contributed by atoms with Crippen LogP contribution in [0.25, 0.3) is 0 Å². The van der Waals surface area contributed by atoms with E-state index in [0.29, 0.717) is 5.15 Å². The molecule has 1 aromatic heterocycles. The fourth-order valence-corrected chi connectivity index (χ4v) is 2.09. The standard InChI is InChI=1S/C13H12BrClN2O/c1-8(9-2-4-11(18)5-3-9)17-12-6-10(14)7-16-13(12)15/h2-8,17-18H,1H3. The Hall–Kier alpha value is -1.26. The topological polar surface area (TPSA) is 45.2 Å². The lowest BCUT2D eigenvalue weighted by atomic mass is 10.1. The van der Waals surface area contributed by atoms with Gasteiger partial charge in [-0.1, -0.05) is 23.7 Å². The molecule has 1 heterocycles. The first-order valence-corrected chi connectivity index (χ1v) is 6.60. The van der Waals surface area contributed by atoms with Gasteiger partial charge in [-0.05, 0) is 46.6 Å². The van der Waals surface area contributed by atoms with Crippen LogP contribution in [0.2, 0.25) is 5.15 Å². The van der Waals surface area contributed by atoms with Crippen LogP contribution in [0.5, 0.6) is 5.75 Å². The highest BCUT2D eigenvalue weighted by Crippen LogP contribution is 2.27. The number of pyridine rings is 1. The Bertz CT molecular complexity index is 545. The molecule has 1 unspecified atom stereocenters. The Balaban J connectivity index is 2.18. The number of nitrogens with zero attached hydrogens (tertiary/aromatic N) is 1. The van der Waals surface area contributed by atoms with Crippen LogP contribution in [-0.2, 0) is 0 Å². The van der Waals surface area contributed by atoms with E-state index in [9.17, 15) is 5.11 Å². The van der Waals surface area contributed by atoms with Gasteiger partial charge >= 0.3 is 0 Å². The van der Waals surface area contributed by atoms with Crippen molar-refractivity contribution in [3.63, 3.8) is 0 Å². The molecule has 5 heteroatoms. The van der Waals surface area contributed by atoms with Crippen LogP contribution in [0.1, 0.15) is 18.5 Å². The molecule has 0 radical (unpaired) electrons. The monoisotopic (exact) mass is 326 g/mol. The highest BCUT2D eigenvalue weighted by molar-refractivity contribution is 9.10. The second-order valence-electron chi connectivity index (χ2n) is 3.95. The van der Waals surface area contributed by atoms with Crippen molar-refractivity contribution in [2.75, 3.05) is 5.32 Å². The fraction of sp³-hybridized carbons (Fsp3) is 0.154. The summed E-state index contributed by atoms with van der Waals surface area (Å²) >= 11 is 9.38. The number of rotatable bonds is 3. The number of nitrogens with one attached hydrogen (secondary N) is 1. The van der Waals surface area contributed by atoms with Crippen molar-refractivity contribution in [2.45, 2.75) is 13.0 Å². The smallest absolute Gasteiger partial charge is 0.152 e. The number of hydrogen-bond acceptors (Lipinski definition) is 3. The Morgan fingerprint density at radius 2 is 2.00 bits per heavy atom. The highest BCUT2D eigenvalue weighted by Gasteiger charge is 2.09. The summed E-state index contributed by atoms with van der Waals surface area (Å²) in [6, 6.07) is 9.01. The Kier molecular flexibility index (Phi) is 4.09. The van der Waals surface area contributed by atoms with E-state index >= 15 is 0 Å². The van der Waals surface area contributed by atoms with Gasteiger partial charge in [0, 0.05) is 16.7 Å². The molecule has 0 aliphatic carbocycles. The minimum absolute atomic E-state index is 0.0687. The van der Waals surface area contributed by atoms with Crippen molar-refractivity contribution < 1.29 is 5.11 Å². The maximum atomic E-state index is 9.25. The van der Waals surface area contributed by atoms with Crippen LogP contribution in [0, 0.1) is 0 Å². The first kappa shape index (κ1) is 13.2. The van der Waals surface area contributed by atoms with E-state index in [4.69, 9.17) is 11.6 Å². The number of benzene rings is 1. The Labute approximate surface area is 119 Å². The van der Waals surface area contributed by atoms with Gasteiger partial charge in [-0.25, -0.2) is 4.98 Å². The molecule has 0 saturated carbocycles. The fourth-order valence-electron chi connectivity index (χ4n) is 1.60. The van der Waals surface area contributed by atoms with Gasteiger partial charge in [0.05, 0.1) is 5.69 Å². The maximum Gasteiger partial charge on any atom is 0.152 e. The first-order chi connectivity index (χ1) is 8.56. The molecule has 2 N–H and O–H groups in total. The summed E-state index contributed by atoms with van der Waals surface area (Å²) in [6.07, 6.45) is 1.65. The van der Waals surface area contributed by atoms with E-state index in [2.05, 4.69) is 26.2 Å². The van der Waals surface area contributed by atoms with Gasteiger partial charge in [0.15, 0.2) is 5.15 Å². The lowest BCUT2D eigenvalue weighted by Crippen LogP contribution is -2.07. The first-order valence-electron chi connectivity index (χ1n) is 5.43. The van der Waals surface area contributed by atoms with Crippen molar-refractivity contribution in [1.29, 1.82) is 0 Å². The molecule has 0 fully saturated rings. The Morgan fingerprint density at radius 1 is 1.33 bits per heavy atom. The minimum Gasteiger partial charge on any atom is -0.508 e. The number of halogens is 2. The van der Waals surface area contributed by atoms with Gasteiger partial charge in [-0.15, -0.1) is 0 Å². The second-order valence-corrected chi connectivity index (χ2v) is 5.22. The molecule has 94 valence electrons. The van der Waals surface area contributed by atoms with Crippen molar-refractivity contribution in [1.82, 2.24) is 4.98 Å². The average Bonchev–Trinajstić information content (AvgIpc) is 2.34. The third-order valence-electron chi connectivity index (χ3n) is 2.57. The van der Waals surface area contributed by atoms with Crippen LogP contribution >= 0.6 is 27.5 Å². The van der Waals surface area contributed by atoms with E-state index in [-0.39, 0.29) is 11.8 Å². The molecule has 1 atom stereocenters. The van der Waals surface area contributed by atoms with Gasteiger partial charge in [0.25, 0.3) is 0 Å². The zero-order valence-electron chi connectivity index (χ0n) is 9.69. The average molecular weight is 328 g/mol. The van der Waals surface area contributed by atoms with Crippen LogP contribution < -0.4 is 5.32 Å². The summed E-state index contributed by atoms with van der Waals surface area (Å²) in [5.74, 6) is 0.258. The number of phenols is 1. The van der Waals surface area contributed by atoms with Gasteiger partial charge in [-0.2, -0.15) is 0 Å². The lowest BCUT2D eigenvalue weighted by molar-refractivity contribution is 0.475. The summed E-state index contributed by atoms with van der Waals surface area (Å²) in [4.78, 5) is 4.06. The summed E-state index contributed by atoms with van der Waals surface area (Å²) in [5.41, 5.74) is 1.83. The molecule has 0 aliphatic heterocycles. The molecule has 2 aromatic rings. The SMILES string of the molecule is CC(Nc1cc(Br)cnc1Cl)c1ccc(O)cc1. The van der Waals surface area contributed by atoms with Gasteiger partial charge in [-0.3, -0.25) is 0 Å². The molecule has 2 rings (SSSR count). The summed E-state index contributed by atoms with van der Waals surface area (Å²) < 4.78 is 0.868. The lowest BCUT2D eigenvalue weighted by Gasteiger charge is -2.16. The molecular weight excluding hydrogens is 316 g/mol. The van der Waals surface area contributed by atoms with Gasteiger partial charge in [0.2, 0.25) is 0 Å². The predicted molar refractivity (Wildman–Crippen MR) is 77.1 cm³/mol. The second kappa shape index (κ2) is 5.59. The van der Waals surface area contributed by atoms with Gasteiger partial charge < -0.3 is 10.4 Å².